The van der Waals surface area contributed by atoms with E-state index in [4.69, 9.17) is 10.5 Å². The van der Waals surface area contributed by atoms with Crippen LogP contribution in [0.15, 0.2) is 6.20 Å². The highest BCUT2D eigenvalue weighted by atomic mass is 32.1. The lowest BCUT2D eigenvalue weighted by molar-refractivity contribution is -0.126. The van der Waals surface area contributed by atoms with E-state index in [2.05, 4.69) is 17.2 Å². The summed E-state index contributed by atoms with van der Waals surface area (Å²) >= 11 is 1.62. The number of thiazole rings is 1. The van der Waals surface area contributed by atoms with E-state index < -0.39 is 5.54 Å². The predicted octanol–water partition coefficient (Wildman–Crippen LogP) is 0.439. The fraction of sp³-hybridized carbons (Fsp3) is 0.636. The minimum absolute atomic E-state index is 0.150. The van der Waals surface area contributed by atoms with Crippen LogP contribution in [0, 0.1) is 0 Å². The molecule has 0 radical (unpaired) electrons. The Balaban J connectivity index is 1.87. The fourth-order valence-corrected chi connectivity index (χ4v) is 2.49. The second kappa shape index (κ2) is 5.12. The summed E-state index contributed by atoms with van der Waals surface area (Å²) in [4.78, 5) is 17.3. The number of ether oxygens (including phenoxy) is 1. The van der Waals surface area contributed by atoms with Crippen LogP contribution in [0.5, 0.6) is 0 Å². The number of rotatable bonds is 4. The molecule has 0 bridgehead atoms. The van der Waals surface area contributed by atoms with Crippen LogP contribution < -0.4 is 11.1 Å². The van der Waals surface area contributed by atoms with Gasteiger partial charge in [-0.05, 0) is 12.8 Å². The molecule has 1 saturated heterocycles. The van der Waals surface area contributed by atoms with Gasteiger partial charge in [0, 0.05) is 17.7 Å². The zero-order chi connectivity index (χ0) is 12.3. The molecule has 1 aliphatic heterocycles. The predicted molar refractivity (Wildman–Crippen MR) is 65.7 cm³/mol. The Morgan fingerprint density at radius 1 is 1.76 bits per heavy atom. The van der Waals surface area contributed by atoms with E-state index >= 15 is 0 Å². The van der Waals surface area contributed by atoms with E-state index in [1.807, 2.05) is 6.20 Å². The first-order valence-corrected chi connectivity index (χ1v) is 6.54. The molecular formula is C11H17N3O2S. The Hall–Kier alpha value is -0.980. The first-order chi connectivity index (χ1) is 8.14. The van der Waals surface area contributed by atoms with Gasteiger partial charge in [0.05, 0.1) is 13.2 Å². The van der Waals surface area contributed by atoms with Crippen molar-refractivity contribution in [2.75, 3.05) is 13.2 Å². The Labute approximate surface area is 104 Å². The minimum Gasteiger partial charge on any atom is -0.379 e. The van der Waals surface area contributed by atoms with Gasteiger partial charge in [0.15, 0.2) is 0 Å². The average molecular weight is 255 g/mol. The maximum absolute atomic E-state index is 11.9. The van der Waals surface area contributed by atoms with Gasteiger partial charge in [0.2, 0.25) is 5.91 Å². The minimum atomic E-state index is -0.856. The van der Waals surface area contributed by atoms with E-state index in [9.17, 15) is 4.79 Å². The third kappa shape index (κ3) is 2.83. The van der Waals surface area contributed by atoms with Gasteiger partial charge in [0.1, 0.15) is 10.5 Å². The number of hydrogen-bond acceptors (Lipinski definition) is 5. The molecule has 1 amide bonds. The molecule has 94 valence electrons. The number of nitrogens with two attached hydrogens (primary N) is 1. The molecule has 2 heterocycles. The molecule has 1 fully saturated rings. The van der Waals surface area contributed by atoms with Crippen LogP contribution in [0.3, 0.4) is 0 Å². The summed E-state index contributed by atoms with van der Waals surface area (Å²) in [5.74, 6) is -0.150. The number of carbonyl (C=O) groups excluding carboxylic acids is 1. The molecule has 3 N–H and O–H groups in total. The number of aryl methyl sites for hydroxylation is 1. The van der Waals surface area contributed by atoms with E-state index in [0.717, 1.165) is 11.4 Å². The largest absolute Gasteiger partial charge is 0.379 e. The van der Waals surface area contributed by atoms with Crippen molar-refractivity contribution < 1.29 is 9.53 Å². The number of amides is 1. The smallest absolute Gasteiger partial charge is 0.242 e. The quantitative estimate of drug-likeness (QED) is 0.818. The van der Waals surface area contributed by atoms with Crippen molar-refractivity contribution in [3.05, 3.63) is 16.1 Å². The van der Waals surface area contributed by atoms with Gasteiger partial charge in [0.25, 0.3) is 0 Å². The number of nitrogens with one attached hydrogen (secondary N) is 1. The molecule has 6 heteroatoms. The Morgan fingerprint density at radius 2 is 2.59 bits per heavy atom. The Bertz CT molecular complexity index is 399. The molecule has 1 aromatic heterocycles. The molecule has 1 unspecified atom stereocenters. The molecular weight excluding hydrogens is 238 g/mol. The highest BCUT2D eigenvalue weighted by Gasteiger charge is 2.38. The van der Waals surface area contributed by atoms with Crippen LogP contribution in [-0.4, -0.2) is 29.6 Å². The van der Waals surface area contributed by atoms with Crippen LogP contribution >= 0.6 is 11.3 Å². The van der Waals surface area contributed by atoms with Crippen LogP contribution in [0.25, 0.3) is 0 Å². The molecule has 5 nitrogen and oxygen atoms in total. The van der Waals surface area contributed by atoms with Crippen LogP contribution in [0.2, 0.25) is 0 Å². The zero-order valence-corrected chi connectivity index (χ0v) is 10.7. The lowest BCUT2D eigenvalue weighted by Crippen LogP contribution is -2.54. The molecule has 0 aromatic carbocycles. The van der Waals surface area contributed by atoms with Gasteiger partial charge >= 0.3 is 0 Å². The van der Waals surface area contributed by atoms with Crippen molar-refractivity contribution >= 4 is 17.2 Å². The van der Waals surface area contributed by atoms with Crippen molar-refractivity contribution in [3.63, 3.8) is 0 Å². The van der Waals surface area contributed by atoms with Gasteiger partial charge in [-0.15, -0.1) is 11.3 Å². The highest BCUT2D eigenvalue weighted by Crippen LogP contribution is 2.17. The number of aromatic nitrogens is 1. The molecule has 1 aliphatic rings. The van der Waals surface area contributed by atoms with Crippen LogP contribution in [0.1, 0.15) is 23.2 Å². The third-order valence-corrected chi connectivity index (χ3v) is 4.00. The lowest BCUT2D eigenvalue weighted by atomic mass is 9.99. The maximum Gasteiger partial charge on any atom is 0.242 e. The average Bonchev–Trinajstić information content (AvgIpc) is 2.95. The monoisotopic (exact) mass is 255 g/mol. The molecule has 1 atom stereocenters. The van der Waals surface area contributed by atoms with E-state index in [1.54, 1.807) is 11.3 Å². The lowest BCUT2D eigenvalue weighted by Gasteiger charge is -2.19. The zero-order valence-electron chi connectivity index (χ0n) is 9.86. The molecule has 1 aromatic rings. The Kier molecular flexibility index (Phi) is 3.76. The van der Waals surface area contributed by atoms with Crippen LogP contribution in [0.4, 0.5) is 0 Å². The first-order valence-electron chi connectivity index (χ1n) is 5.72. The number of hydrogen-bond donors (Lipinski definition) is 2. The van der Waals surface area contributed by atoms with Crippen LogP contribution in [-0.2, 0) is 22.5 Å². The molecule has 17 heavy (non-hydrogen) atoms. The van der Waals surface area contributed by atoms with Crippen molar-refractivity contribution in [3.8, 4) is 0 Å². The highest BCUT2D eigenvalue weighted by molar-refractivity contribution is 7.11. The van der Waals surface area contributed by atoms with Gasteiger partial charge in [-0.25, -0.2) is 4.98 Å². The Morgan fingerprint density at radius 3 is 3.18 bits per heavy atom. The van der Waals surface area contributed by atoms with Crippen molar-refractivity contribution in [2.24, 2.45) is 5.73 Å². The number of carbonyl (C=O) groups is 1. The molecule has 2 rings (SSSR count). The summed E-state index contributed by atoms with van der Waals surface area (Å²) in [5, 5.41) is 3.74. The second-order valence-corrected chi connectivity index (χ2v) is 5.42. The fourth-order valence-electron chi connectivity index (χ4n) is 1.68. The summed E-state index contributed by atoms with van der Waals surface area (Å²) in [5.41, 5.74) is 5.09. The van der Waals surface area contributed by atoms with E-state index in [0.29, 0.717) is 26.2 Å². The summed E-state index contributed by atoms with van der Waals surface area (Å²) in [7, 11) is 0. The summed E-state index contributed by atoms with van der Waals surface area (Å²) in [6.45, 7) is 3.39. The summed E-state index contributed by atoms with van der Waals surface area (Å²) < 4.78 is 5.16. The van der Waals surface area contributed by atoms with Gasteiger partial charge < -0.3 is 15.8 Å². The maximum atomic E-state index is 11.9. The van der Waals surface area contributed by atoms with Crippen molar-refractivity contribution in [1.82, 2.24) is 10.3 Å². The van der Waals surface area contributed by atoms with E-state index in [-0.39, 0.29) is 5.91 Å². The second-order valence-electron chi connectivity index (χ2n) is 4.22. The number of nitrogens with zero attached hydrogens (tertiary/aromatic N) is 1. The molecule has 0 saturated carbocycles. The summed E-state index contributed by atoms with van der Waals surface area (Å²) in [6.07, 6.45) is 3.40. The third-order valence-electron chi connectivity index (χ3n) is 2.85. The standard InChI is InChI=1S/C11H17N3O2S/c1-2-8-5-13-9(17-8)6-14-10(15)11(12)3-4-16-7-11/h5H,2-4,6-7,12H2,1H3,(H,14,15). The van der Waals surface area contributed by atoms with Crippen molar-refractivity contribution in [1.29, 1.82) is 0 Å². The normalized spacial score (nSPS) is 23.9. The van der Waals surface area contributed by atoms with Gasteiger partial charge in [-0.3, -0.25) is 4.79 Å². The van der Waals surface area contributed by atoms with E-state index in [1.165, 1.54) is 4.88 Å². The SMILES string of the molecule is CCc1cnc(CNC(=O)C2(N)CCOC2)s1. The topological polar surface area (TPSA) is 77.2 Å². The summed E-state index contributed by atoms with van der Waals surface area (Å²) in [6, 6.07) is 0. The van der Waals surface area contributed by atoms with Crippen molar-refractivity contribution in [2.45, 2.75) is 31.8 Å². The first kappa shape index (κ1) is 12.5. The molecule has 0 spiro atoms. The van der Waals surface area contributed by atoms with Gasteiger partial charge in [-0.2, -0.15) is 0 Å². The van der Waals surface area contributed by atoms with Gasteiger partial charge in [-0.1, -0.05) is 6.92 Å². The molecule has 0 aliphatic carbocycles.